The fourth-order valence-electron chi connectivity index (χ4n) is 4.60. The summed E-state index contributed by atoms with van der Waals surface area (Å²) in [4.78, 5) is 37.6. The SMILES string of the molecule is O=C(Nc1ccc(C[C@H](NC(=O)C2(CCCCO)CCCC2)C(=O)O)cc1)c1c(Cl)cccc1Cl. The molecule has 0 spiro atoms. The normalized spacial score (nSPS) is 15.4. The molecule has 4 N–H and O–H groups in total. The Hall–Kier alpha value is -2.61. The molecule has 0 bridgehead atoms. The van der Waals surface area contributed by atoms with Crippen LogP contribution in [-0.4, -0.2) is 40.6 Å². The summed E-state index contributed by atoms with van der Waals surface area (Å²) in [5, 5.41) is 24.8. The number of amides is 2. The number of hydrogen-bond donors (Lipinski definition) is 4. The summed E-state index contributed by atoms with van der Waals surface area (Å²) in [6, 6.07) is 10.5. The molecular formula is C26H30Cl2N2O5. The first kappa shape index (κ1) is 27.0. The number of anilines is 1. The first-order valence-electron chi connectivity index (χ1n) is 11.7. The molecule has 0 aliphatic heterocycles. The minimum Gasteiger partial charge on any atom is -0.480 e. The summed E-state index contributed by atoms with van der Waals surface area (Å²) in [6.07, 6.45) is 5.47. The second-order valence-corrected chi connectivity index (χ2v) is 9.80. The summed E-state index contributed by atoms with van der Waals surface area (Å²) in [7, 11) is 0. The summed E-state index contributed by atoms with van der Waals surface area (Å²) >= 11 is 12.2. The molecule has 0 unspecified atom stereocenters. The third kappa shape index (κ3) is 6.97. The van der Waals surface area contributed by atoms with Gasteiger partial charge in [-0.05, 0) is 55.5 Å². The highest BCUT2D eigenvalue weighted by molar-refractivity contribution is 6.40. The minimum atomic E-state index is -1.10. The lowest BCUT2D eigenvalue weighted by atomic mass is 9.80. The Labute approximate surface area is 214 Å². The molecule has 2 aromatic rings. The van der Waals surface area contributed by atoms with E-state index in [4.69, 9.17) is 28.3 Å². The van der Waals surface area contributed by atoms with Gasteiger partial charge in [-0.2, -0.15) is 0 Å². The van der Waals surface area contributed by atoms with Crippen LogP contribution in [0.5, 0.6) is 0 Å². The Morgan fingerprint density at radius 1 is 0.971 bits per heavy atom. The van der Waals surface area contributed by atoms with Crippen molar-refractivity contribution in [1.29, 1.82) is 0 Å². The predicted octanol–water partition coefficient (Wildman–Crippen LogP) is 5.08. The topological polar surface area (TPSA) is 116 Å². The molecule has 7 nitrogen and oxygen atoms in total. The fourth-order valence-corrected chi connectivity index (χ4v) is 5.17. The van der Waals surface area contributed by atoms with E-state index < -0.39 is 23.3 Å². The maximum absolute atomic E-state index is 13.1. The summed E-state index contributed by atoms with van der Waals surface area (Å²) in [5.41, 5.74) is 0.817. The van der Waals surface area contributed by atoms with Gasteiger partial charge in [-0.25, -0.2) is 4.79 Å². The lowest BCUT2D eigenvalue weighted by Gasteiger charge is -2.29. The summed E-state index contributed by atoms with van der Waals surface area (Å²) in [5.74, 6) is -1.78. The molecule has 0 radical (unpaired) electrons. The van der Waals surface area contributed by atoms with E-state index in [2.05, 4.69) is 10.6 Å². The Morgan fingerprint density at radius 3 is 2.17 bits per heavy atom. The van der Waals surface area contributed by atoms with Gasteiger partial charge in [0.15, 0.2) is 0 Å². The molecule has 2 amide bonds. The number of halogens is 2. The molecular weight excluding hydrogens is 491 g/mol. The van der Waals surface area contributed by atoms with Gasteiger partial charge < -0.3 is 20.8 Å². The van der Waals surface area contributed by atoms with Crippen molar-refractivity contribution in [3.05, 3.63) is 63.6 Å². The predicted molar refractivity (Wildman–Crippen MR) is 136 cm³/mol. The number of carbonyl (C=O) groups is 3. The monoisotopic (exact) mass is 520 g/mol. The second kappa shape index (κ2) is 12.4. The van der Waals surface area contributed by atoms with Crippen LogP contribution in [0, 0.1) is 5.41 Å². The Morgan fingerprint density at radius 2 is 1.60 bits per heavy atom. The van der Waals surface area contributed by atoms with Gasteiger partial charge in [-0.1, -0.05) is 60.7 Å². The molecule has 1 aliphatic carbocycles. The molecule has 35 heavy (non-hydrogen) atoms. The van der Waals surface area contributed by atoms with Gasteiger partial charge in [0.2, 0.25) is 5.91 Å². The third-order valence-electron chi connectivity index (χ3n) is 6.55. The van der Waals surface area contributed by atoms with Crippen molar-refractivity contribution in [2.45, 2.75) is 57.4 Å². The number of hydrogen-bond acceptors (Lipinski definition) is 4. The molecule has 188 valence electrons. The number of benzene rings is 2. The van der Waals surface area contributed by atoms with Gasteiger partial charge in [-0.15, -0.1) is 0 Å². The van der Waals surface area contributed by atoms with Crippen LogP contribution in [0.1, 0.15) is 60.9 Å². The molecule has 0 saturated heterocycles. The smallest absolute Gasteiger partial charge is 0.326 e. The van der Waals surface area contributed by atoms with E-state index in [0.717, 1.165) is 32.1 Å². The molecule has 1 saturated carbocycles. The maximum atomic E-state index is 13.1. The van der Waals surface area contributed by atoms with Crippen molar-refractivity contribution < 1.29 is 24.6 Å². The number of carboxylic acid groups (broad SMARTS) is 1. The van der Waals surface area contributed by atoms with Crippen LogP contribution in [0.25, 0.3) is 0 Å². The summed E-state index contributed by atoms with van der Waals surface area (Å²) < 4.78 is 0. The summed E-state index contributed by atoms with van der Waals surface area (Å²) in [6.45, 7) is 0.0807. The van der Waals surface area contributed by atoms with Crippen molar-refractivity contribution in [1.82, 2.24) is 5.32 Å². The van der Waals surface area contributed by atoms with Gasteiger partial charge in [0.1, 0.15) is 6.04 Å². The second-order valence-electron chi connectivity index (χ2n) is 8.98. The van der Waals surface area contributed by atoms with E-state index in [9.17, 15) is 19.5 Å². The number of unbranched alkanes of at least 4 members (excludes halogenated alkanes) is 1. The number of carbonyl (C=O) groups excluding carboxylic acids is 2. The van der Waals surface area contributed by atoms with Crippen LogP contribution in [0.15, 0.2) is 42.5 Å². The van der Waals surface area contributed by atoms with Gasteiger partial charge in [-0.3, -0.25) is 9.59 Å². The van der Waals surface area contributed by atoms with Crippen LogP contribution in [0.2, 0.25) is 10.0 Å². The molecule has 1 atom stereocenters. The van der Waals surface area contributed by atoms with Crippen LogP contribution in [0.3, 0.4) is 0 Å². The molecule has 1 aliphatic rings. The first-order chi connectivity index (χ1) is 16.8. The van der Waals surface area contributed by atoms with Gasteiger partial charge in [0.05, 0.1) is 15.6 Å². The average Bonchev–Trinajstić information content (AvgIpc) is 3.30. The van der Waals surface area contributed by atoms with E-state index in [0.29, 0.717) is 24.1 Å². The Kier molecular flexibility index (Phi) is 9.55. The number of aliphatic hydroxyl groups excluding tert-OH is 1. The zero-order valence-electron chi connectivity index (χ0n) is 19.4. The van der Waals surface area contributed by atoms with Gasteiger partial charge in [0, 0.05) is 24.1 Å². The molecule has 0 heterocycles. The maximum Gasteiger partial charge on any atom is 0.326 e. The van der Waals surface area contributed by atoms with Crippen LogP contribution >= 0.6 is 23.2 Å². The van der Waals surface area contributed by atoms with Gasteiger partial charge >= 0.3 is 5.97 Å². The van der Waals surface area contributed by atoms with E-state index in [1.165, 1.54) is 0 Å². The average molecular weight is 521 g/mol. The highest BCUT2D eigenvalue weighted by Gasteiger charge is 2.41. The number of aliphatic carboxylic acids is 1. The number of nitrogens with one attached hydrogen (secondary N) is 2. The van der Waals surface area contributed by atoms with E-state index in [1.807, 2.05) is 0 Å². The van der Waals surface area contributed by atoms with Crippen LogP contribution in [0.4, 0.5) is 5.69 Å². The Balaban J connectivity index is 1.64. The largest absolute Gasteiger partial charge is 0.480 e. The number of aliphatic hydroxyl groups is 1. The van der Waals surface area contributed by atoms with Crippen LogP contribution < -0.4 is 10.6 Å². The van der Waals surface area contributed by atoms with Crippen molar-refractivity contribution in [2.75, 3.05) is 11.9 Å². The molecule has 9 heteroatoms. The van der Waals surface area contributed by atoms with E-state index in [1.54, 1.807) is 42.5 Å². The quantitative estimate of drug-likeness (QED) is 0.308. The van der Waals surface area contributed by atoms with E-state index >= 15 is 0 Å². The first-order valence-corrected chi connectivity index (χ1v) is 12.5. The molecule has 1 fully saturated rings. The zero-order valence-corrected chi connectivity index (χ0v) is 20.9. The van der Waals surface area contributed by atoms with Gasteiger partial charge in [0.25, 0.3) is 5.91 Å². The third-order valence-corrected chi connectivity index (χ3v) is 7.18. The minimum absolute atomic E-state index is 0.0807. The van der Waals surface area contributed by atoms with Crippen molar-refractivity contribution in [3.63, 3.8) is 0 Å². The lowest BCUT2D eigenvalue weighted by Crippen LogP contribution is -2.48. The highest BCUT2D eigenvalue weighted by Crippen LogP contribution is 2.42. The highest BCUT2D eigenvalue weighted by atomic mass is 35.5. The number of carboxylic acids is 1. The van der Waals surface area contributed by atoms with Crippen molar-refractivity contribution in [2.24, 2.45) is 5.41 Å². The fraction of sp³-hybridized carbons (Fsp3) is 0.423. The Bertz CT molecular complexity index is 1030. The molecule has 2 aromatic carbocycles. The van der Waals surface area contributed by atoms with Crippen molar-refractivity contribution in [3.8, 4) is 0 Å². The van der Waals surface area contributed by atoms with Crippen molar-refractivity contribution >= 4 is 46.7 Å². The standard InChI is InChI=1S/C26H30Cl2N2O5/c27-19-6-5-7-20(28)22(19)23(32)29-18-10-8-17(9-11-18)16-21(24(33)34)30-25(35)26(12-1-2-13-26)14-3-4-15-31/h5-11,21,31H,1-4,12-16H2,(H,29,32)(H,30,35)(H,33,34)/t21-/m0/s1. The lowest BCUT2D eigenvalue weighted by molar-refractivity contribution is -0.144. The number of rotatable bonds is 11. The van der Waals surface area contributed by atoms with E-state index in [-0.39, 0.29) is 34.5 Å². The zero-order chi connectivity index (χ0) is 25.4. The van der Waals surface area contributed by atoms with Crippen LogP contribution in [-0.2, 0) is 16.0 Å². The molecule has 3 rings (SSSR count). The molecule has 0 aromatic heterocycles.